The fourth-order valence-electron chi connectivity index (χ4n) is 2.36. The van der Waals surface area contributed by atoms with Gasteiger partial charge in [-0.15, -0.1) is 11.8 Å². The highest BCUT2D eigenvalue weighted by molar-refractivity contribution is 7.99. The molecule has 1 aliphatic heterocycles. The fraction of sp³-hybridized carbons (Fsp3) is 0.462. The molecule has 2 unspecified atom stereocenters. The molecule has 1 aliphatic rings. The van der Waals surface area contributed by atoms with E-state index in [0.29, 0.717) is 16.8 Å². The van der Waals surface area contributed by atoms with Crippen LogP contribution in [-0.2, 0) is 16.2 Å². The zero-order chi connectivity index (χ0) is 15.7. The van der Waals surface area contributed by atoms with Crippen LogP contribution in [0.2, 0.25) is 0 Å². The van der Waals surface area contributed by atoms with Gasteiger partial charge < -0.3 is 20.2 Å². The molecular formula is C13H16N2O5S. The largest absolute Gasteiger partial charge is 0.506 e. The smallest absolute Gasteiger partial charge is 0.327 e. The highest BCUT2D eigenvalue weighted by atomic mass is 32.2. The maximum atomic E-state index is 11.8. The predicted molar refractivity (Wildman–Crippen MR) is 75.7 cm³/mol. The van der Waals surface area contributed by atoms with Crippen molar-refractivity contribution >= 4 is 23.6 Å². The first-order valence-corrected chi connectivity index (χ1v) is 7.34. The molecule has 7 nitrogen and oxygen atoms in total. The van der Waals surface area contributed by atoms with Crippen molar-refractivity contribution in [1.29, 1.82) is 0 Å². The van der Waals surface area contributed by atoms with Gasteiger partial charge in [0.1, 0.15) is 17.2 Å². The number of nitrogens with zero attached hydrogens (tertiary/aromatic N) is 2. The topological polar surface area (TPSA) is 111 Å². The number of carboxylic acid groups (broad SMARTS) is 1. The number of aromatic nitrogens is 1. The number of hydrogen-bond acceptors (Lipinski definition) is 6. The molecule has 1 saturated heterocycles. The standard InChI is InChI=1S/C13H16N2O5S/c1-6-11(18)10(8(4-16)3-14-6)12-15(7(2)17)9(5-21-12)13(19)20/h3,9,12,16,18H,4-5H2,1-2H3,(H,19,20). The van der Waals surface area contributed by atoms with Crippen LogP contribution in [0.3, 0.4) is 0 Å². The van der Waals surface area contributed by atoms with Crippen LogP contribution in [0.15, 0.2) is 6.20 Å². The molecule has 114 valence electrons. The molecule has 2 atom stereocenters. The van der Waals surface area contributed by atoms with Crippen molar-refractivity contribution in [3.63, 3.8) is 0 Å². The predicted octanol–water partition coefficient (Wildman–Crippen LogP) is 0.635. The van der Waals surface area contributed by atoms with E-state index in [-0.39, 0.29) is 18.1 Å². The van der Waals surface area contributed by atoms with E-state index in [4.69, 9.17) is 0 Å². The number of pyridine rings is 1. The number of aryl methyl sites for hydroxylation is 1. The number of amides is 1. The van der Waals surface area contributed by atoms with Gasteiger partial charge in [0.05, 0.1) is 12.3 Å². The average molecular weight is 312 g/mol. The van der Waals surface area contributed by atoms with E-state index in [1.54, 1.807) is 6.92 Å². The lowest BCUT2D eigenvalue weighted by atomic mass is 10.1. The first-order valence-electron chi connectivity index (χ1n) is 6.30. The monoisotopic (exact) mass is 312 g/mol. The second-order valence-electron chi connectivity index (χ2n) is 4.76. The van der Waals surface area contributed by atoms with Gasteiger partial charge in [0.2, 0.25) is 5.91 Å². The van der Waals surface area contributed by atoms with E-state index in [9.17, 15) is 24.9 Å². The second kappa shape index (κ2) is 5.90. The van der Waals surface area contributed by atoms with E-state index < -0.39 is 23.3 Å². The van der Waals surface area contributed by atoms with Crippen LogP contribution >= 0.6 is 11.8 Å². The second-order valence-corrected chi connectivity index (χ2v) is 5.87. The molecule has 2 heterocycles. The van der Waals surface area contributed by atoms with Gasteiger partial charge in [0.25, 0.3) is 0 Å². The van der Waals surface area contributed by atoms with Crippen LogP contribution in [0.4, 0.5) is 0 Å². The molecule has 0 aromatic carbocycles. The number of carbonyl (C=O) groups excluding carboxylic acids is 1. The Labute approximate surface area is 125 Å². The molecule has 8 heteroatoms. The van der Waals surface area contributed by atoms with E-state index in [1.165, 1.54) is 29.8 Å². The molecule has 0 spiro atoms. The van der Waals surface area contributed by atoms with Crippen LogP contribution in [0.1, 0.15) is 29.1 Å². The van der Waals surface area contributed by atoms with Gasteiger partial charge in [-0.3, -0.25) is 9.78 Å². The van der Waals surface area contributed by atoms with E-state index in [0.717, 1.165) is 0 Å². The molecule has 0 bridgehead atoms. The Morgan fingerprint density at radius 1 is 1.52 bits per heavy atom. The molecule has 0 aliphatic carbocycles. The van der Waals surface area contributed by atoms with E-state index >= 15 is 0 Å². The minimum absolute atomic E-state index is 0.115. The maximum absolute atomic E-state index is 11.8. The molecule has 1 aromatic heterocycles. The number of aromatic hydroxyl groups is 1. The quantitative estimate of drug-likeness (QED) is 0.751. The third-order valence-corrected chi connectivity index (χ3v) is 4.71. The summed E-state index contributed by atoms with van der Waals surface area (Å²) >= 11 is 1.25. The highest BCUT2D eigenvalue weighted by Crippen LogP contribution is 2.46. The zero-order valence-electron chi connectivity index (χ0n) is 11.6. The minimum Gasteiger partial charge on any atom is -0.506 e. The minimum atomic E-state index is -1.09. The molecule has 1 aromatic rings. The van der Waals surface area contributed by atoms with Crippen molar-refractivity contribution in [2.45, 2.75) is 31.9 Å². The molecule has 3 N–H and O–H groups in total. The molecule has 1 fully saturated rings. The number of aliphatic hydroxyl groups excluding tert-OH is 1. The van der Waals surface area contributed by atoms with Gasteiger partial charge >= 0.3 is 5.97 Å². The number of carbonyl (C=O) groups is 2. The number of aliphatic hydroxyl groups is 1. The Morgan fingerprint density at radius 3 is 2.71 bits per heavy atom. The summed E-state index contributed by atoms with van der Waals surface area (Å²) in [6.07, 6.45) is 1.43. The van der Waals surface area contributed by atoms with Gasteiger partial charge in [0, 0.05) is 30.0 Å². The SMILES string of the molecule is CC(=O)N1C(C(=O)O)CSC1c1c(CO)cnc(C)c1O. The van der Waals surface area contributed by atoms with Crippen molar-refractivity contribution in [3.05, 3.63) is 23.0 Å². The lowest BCUT2D eigenvalue weighted by Crippen LogP contribution is -2.41. The number of rotatable bonds is 3. The van der Waals surface area contributed by atoms with Crippen molar-refractivity contribution in [2.75, 3.05) is 5.75 Å². The lowest BCUT2D eigenvalue weighted by molar-refractivity contribution is -0.148. The summed E-state index contributed by atoms with van der Waals surface area (Å²) in [5, 5.41) is 28.2. The first kappa shape index (κ1) is 15.6. The summed E-state index contributed by atoms with van der Waals surface area (Å²) in [5.41, 5.74) is 1.10. The maximum Gasteiger partial charge on any atom is 0.327 e. The van der Waals surface area contributed by atoms with Crippen LogP contribution < -0.4 is 0 Å². The van der Waals surface area contributed by atoms with Gasteiger partial charge in [0.15, 0.2) is 0 Å². The Balaban J connectivity index is 2.53. The average Bonchev–Trinajstić information content (AvgIpc) is 2.86. The van der Waals surface area contributed by atoms with Crippen LogP contribution in [0.25, 0.3) is 0 Å². The zero-order valence-corrected chi connectivity index (χ0v) is 12.4. The third-order valence-electron chi connectivity index (χ3n) is 3.42. The summed E-state index contributed by atoms with van der Waals surface area (Å²) in [4.78, 5) is 28.3. The summed E-state index contributed by atoms with van der Waals surface area (Å²) in [5.74, 6) is -1.37. The Morgan fingerprint density at radius 2 is 2.19 bits per heavy atom. The Bertz CT molecular complexity index is 592. The Hall–Kier alpha value is -1.80. The number of carboxylic acids is 1. The van der Waals surface area contributed by atoms with E-state index in [1.807, 2.05) is 0 Å². The van der Waals surface area contributed by atoms with Gasteiger partial charge in [-0.2, -0.15) is 0 Å². The summed E-state index contributed by atoms with van der Waals surface area (Å²) in [6, 6.07) is -0.947. The van der Waals surface area contributed by atoms with Gasteiger partial charge in [-0.1, -0.05) is 0 Å². The molecule has 0 radical (unpaired) electrons. The van der Waals surface area contributed by atoms with Gasteiger partial charge in [-0.05, 0) is 6.92 Å². The van der Waals surface area contributed by atoms with Gasteiger partial charge in [-0.25, -0.2) is 4.79 Å². The third kappa shape index (κ3) is 2.68. The molecular weight excluding hydrogens is 296 g/mol. The van der Waals surface area contributed by atoms with Crippen LogP contribution in [-0.4, -0.2) is 48.9 Å². The first-order chi connectivity index (χ1) is 9.88. The number of aliphatic carboxylic acids is 1. The normalized spacial score (nSPS) is 21.6. The van der Waals surface area contributed by atoms with Crippen molar-refractivity contribution in [1.82, 2.24) is 9.88 Å². The molecule has 1 amide bonds. The Kier molecular flexibility index (Phi) is 4.38. The summed E-state index contributed by atoms with van der Waals surface area (Å²) in [6.45, 7) is 2.54. The number of hydrogen-bond donors (Lipinski definition) is 3. The summed E-state index contributed by atoms with van der Waals surface area (Å²) < 4.78 is 0. The molecule has 2 rings (SSSR count). The fourth-order valence-corrected chi connectivity index (χ4v) is 3.91. The lowest BCUT2D eigenvalue weighted by Gasteiger charge is -2.28. The number of thioether (sulfide) groups is 1. The van der Waals surface area contributed by atoms with Crippen LogP contribution in [0, 0.1) is 6.92 Å². The van der Waals surface area contributed by atoms with Crippen molar-refractivity contribution in [2.24, 2.45) is 0 Å². The highest BCUT2D eigenvalue weighted by Gasteiger charge is 2.43. The molecule has 21 heavy (non-hydrogen) atoms. The van der Waals surface area contributed by atoms with Crippen LogP contribution in [0.5, 0.6) is 5.75 Å². The van der Waals surface area contributed by atoms with Crippen molar-refractivity contribution < 1.29 is 24.9 Å². The van der Waals surface area contributed by atoms with E-state index in [2.05, 4.69) is 4.98 Å². The molecule has 0 saturated carbocycles. The van der Waals surface area contributed by atoms with Crippen molar-refractivity contribution in [3.8, 4) is 5.75 Å². The summed E-state index contributed by atoms with van der Waals surface area (Å²) in [7, 11) is 0.